The topological polar surface area (TPSA) is 20.3 Å². The molecule has 1 aromatic carbocycles. The molecule has 2 aromatic rings. The highest BCUT2D eigenvalue weighted by molar-refractivity contribution is 7.07. The van der Waals surface area contributed by atoms with Crippen LogP contribution in [-0.4, -0.2) is 24.3 Å². The van der Waals surface area contributed by atoms with Gasteiger partial charge in [0.25, 0.3) is 0 Å². The van der Waals surface area contributed by atoms with Crippen LogP contribution in [0.2, 0.25) is 0 Å². The van der Waals surface area contributed by atoms with Crippen molar-refractivity contribution in [2.45, 2.75) is 13.0 Å². The molecule has 100 valence electrons. The lowest BCUT2D eigenvalue weighted by molar-refractivity contribution is -0.119. The molecule has 1 heterocycles. The lowest BCUT2D eigenvalue weighted by atomic mass is 10.1. The van der Waals surface area contributed by atoms with E-state index in [0.717, 1.165) is 6.54 Å². The predicted molar refractivity (Wildman–Crippen MR) is 75.8 cm³/mol. The SMILES string of the molecule is CN(CC(=O)Cc1ccccc1F)Cc1ccsc1. The molecule has 0 bridgehead atoms. The maximum Gasteiger partial charge on any atom is 0.151 e. The smallest absolute Gasteiger partial charge is 0.151 e. The monoisotopic (exact) mass is 277 g/mol. The molecule has 0 fully saturated rings. The van der Waals surface area contributed by atoms with Crippen LogP contribution in [0.4, 0.5) is 4.39 Å². The van der Waals surface area contributed by atoms with Crippen LogP contribution in [0.3, 0.4) is 0 Å². The molecule has 0 aliphatic rings. The highest BCUT2D eigenvalue weighted by atomic mass is 32.1. The molecule has 0 N–H and O–H groups in total. The fourth-order valence-corrected chi connectivity index (χ4v) is 2.62. The van der Waals surface area contributed by atoms with Crippen LogP contribution in [0.15, 0.2) is 41.1 Å². The molecule has 0 unspecified atom stereocenters. The second-order valence-electron chi connectivity index (χ2n) is 4.61. The van der Waals surface area contributed by atoms with E-state index in [1.54, 1.807) is 29.5 Å². The van der Waals surface area contributed by atoms with Gasteiger partial charge in [-0.15, -0.1) is 0 Å². The van der Waals surface area contributed by atoms with E-state index in [2.05, 4.69) is 5.38 Å². The van der Waals surface area contributed by atoms with Crippen LogP contribution in [0.5, 0.6) is 0 Å². The van der Waals surface area contributed by atoms with Crippen molar-refractivity contribution in [1.29, 1.82) is 0 Å². The van der Waals surface area contributed by atoms with Gasteiger partial charge in [-0.1, -0.05) is 18.2 Å². The Bertz CT molecular complexity index is 539. The number of nitrogens with zero attached hydrogens (tertiary/aromatic N) is 1. The molecule has 4 heteroatoms. The zero-order valence-corrected chi connectivity index (χ0v) is 11.6. The molecule has 0 aliphatic heterocycles. The number of ketones is 1. The van der Waals surface area contributed by atoms with Crippen LogP contribution in [0.1, 0.15) is 11.1 Å². The van der Waals surface area contributed by atoms with Crippen molar-refractivity contribution in [2.75, 3.05) is 13.6 Å². The summed E-state index contributed by atoms with van der Waals surface area (Å²) < 4.78 is 13.4. The van der Waals surface area contributed by atoms with Gasteiger partial charge in [-0.05, 0) is 41.1 Å². The number of likely N-dealkylation sites (N-methyl/N-ethyl adjacent to an activating group) is 1. The van der Waals surface area contributed by atoms with E-state index in [9.17, 15) is 9.18 Å². The van der Waals surface area contributed by atoms with E-state index in [1.807, 2.05) is 23.4 Å². The second kappa shape index (κ2) is 6.59. The summed E-state index contributed by atoms with van der Waals surface area (Å²) in [7, 11) is 1.90. The zero-order valence-electron chi connectivity index (χ0n) is 10.8. The number of rotatable bonds is 6. The molecule has 0 radical (unpaired) electrons. The van der Waals surface area contributed by atoms with Crippen molar-refractivity contribution in [3.05, 3.63) is 58.0 Å². The first-order chi connectivity index (χ1) is 9.15. The number of hydrogen-bond acceptors (Lipinski definition) is 3. The lowest BCUT2D eigenvalue weighted by Crippen LogP contribution is -2.26. The molecule has 1 aromatic heterocycles. The van der Waals surface area contributed by atoms with Gasteiger partial charge in [-0.2, -0.15) is 11.3 Å². The van der Waals surface area contributed by atoms with Crippen LogP contribution in [-0.2, 0) is 17.8 Å². The van der Waals surface area contributed by atoms with Gasteiger partial charge in [0.15, 0.2) is 5.78 Å². The summed E-state index contributed by atoms with van der Waals surface area (Å²) >= 11 is 1.64. The molecule has 2 rings (SSSR count). The largest absolute Gasteiger partial charge is 0.298 e. The Kier molecular flexibility index (Phi) is 4.82. The Hall–Kier alpha value is -1.52. The summed E-state index contributed by atoms with van der Waals surface area (Å²) in [6.45, 7) is 1.08. The number of carbonyl (C=O) groups excluding carboxylic acids is 1. The van der Waals surface area contributed by atoms with Gasteiger partial charge in [0.05, 0.1) is 6.54 Å². The van der Waals surface area contributed by atoms with Crippen LogP contribution < -0.4 is 0 Å². The van der Waals surface area contributed by atoms with Crippen molar-refractivity contribution in [1.82, 2.24) is 4.90 Å². The number of thiophene rings is 1. The molecule has 0 aliphatic carbocycles. The van der Waals surface area contributed by atoms with Gasteiger partial charge in [-0.25, -0.2) is 4.39 Å². The summed E-state index contributed by atoms with van der Waals surface area (Å²) in [5.41, 5.74) is 1.67. The van der Waals surface area contributed by atoms with Crippen LogP contribution in [0, 0.1) is 5.82 Å². The van der Waals surface area contributed by atoms with Crippen LogP contribution in [0.25, 0.3) is 0 Å². The third-order valence-electron chi connectivity index (χ3n) is 2.82. The Labute approximate surface area is 116 Å². The summed E-state index contributed by atoms with van der Waals surface area (Å²) in [5, 5.41) is 4.09. The quantitative estimate of drug-likeness (QED) is 0.808. The van der Waals surface area contributed by atoms with E-state index in [4.69, 9.17) is 0 Å². The minimum atomic E-state index is -0.309. The summed E-state index contributed by atoms with van der Waals surface area (Å²) in [6.07, 6.45) is 0.153. The standard InChI is InChI=1S/C15H16FNOS/c1-17(9-12-6-7-19-11-12)10-14(18)8-13-4-2-3-5-15(13)16/h2-7,11H,8-10H2,1H3. The van der Waals surface area contributed by atoms with Crippen molar-refractivity contribution in [3.63, 3.8) is 0 Å². The molecule has 19 heavy (non-hydrogen) atoms. The maximum absolute atomic E-state index is 13.4. The number of Topliss-reactive ketones (excluding diaryl/α,β-unsaturated/α-hetero) is 1. The van der Waals surface area contributed by atoms with Gasteiger partial charge in [0, 0.05) is 13.0 Å². The average Bonchev–Trinajstić information content (AvgIpc) is 2.84. The van der Waals surface area contributed by atoms with Gasteiger partial charge in [-0.3, -0.25) is 9.69 Å². The first-order valence-corrected chi connectivity index (χ1v) is 7.04. The molecular formula is C15H16FNOS. The van der Waals surface area contributed by atoms with E-state index < -0.39 is 0 Å². The zero-order chi connectivity index (χ0) is 13.7. The van der Waals surface area contributed by atoms with Crippen molar-refractivity contribution >= 4 is 17.1 Å². The Morgan fingerprint density at radius 2 is 2.11 bits per heavy atom. The fraction of sp³-hybridized carbons (Fsp3) is 0.267. The Morgan fingerprint density at radius 1 is 1.32 bits per heavy atom. The molecular weight excluding hydrogens is 261 g/mol. The normalized spacial score (nSPS) is 10.9. The first kappa shape index (κ1) is 13.9. The second-order valence-corrected chi connectivity index (χ2v) is 5.39. The molecule has 0 atom stereocenters. The van der Waals surface area contributed by atoms with Gasteiger partial charge < -0.3 is 0 Å². The summed E-state index contributed by atoms with van der Waals surface area (Å²) in [4.78, 5) is 13.8. The third kappa shape index (κ3) is 4.26. The van der Waals surface area contributed by atoms with Crippen molar-refractivity contribution in [3.8, 4) is 0 Å². The van der Waals surface area contributed by atoms with E-state index >= 15 is 0 Å². The Balaban J connectivity index is 1.86. The number of halogens is 1. The molecule has 0 spiro atoms. The van der Waals surface area contributed by atoms with Crippen molar-refractivity contribution < 1.29 is 9.18 Å². The van der Waals surface area contributed by atoms with E-state index in [-0.39, 0.29) is 18.0 Å². The first-order valence-electron chi connectivity index (χ1n) is 6.10. The number of benzene rings is 1. The van der Waals surface area contributed by atoms with Crippen LogP contribution >= 0.6 is 11.3 Å². The number of hydrogen-bond donors (Lipinski definition) is 0. The summed E-state index contributed by atoms with van der Waals surface area (Å²) in [6, 6.07) is 8.47. The van der Waals surface area contributed by atoms with Gasteiger partial charge in [0.2, 0.25) is 0 Å². The van der Waals surface area contributed by atoms with Gasteiger partial charge >= 0.3 is 0 Å². The molecule has 0 amide bonds. The minimum absolute atomic E-state index is 0.0304. The fourth-order valence-electron chi connectivity index (χ4n) is 1.96. The van der Waals surface area contributed by atoms with E-state index in [1.165, 1.54) is 11.6 Å². The lowest BCUT2D eigenvalue weighted by Gasteiger charge is -2.14. The highest BCUT2D eigenvalue weighted by Crippen LogP contribution is 2.10. The van der Waals surface area contributed by atoms with Crippen molar-refractivity contribution in [2.24, 2.45) is 0 Å². The molecule has 2 nitrogen and oxygen atoms in total. The van der Waals surface area contributed by atoms with Gasteiger partial charge in [0.1, 0.15) is 5.82 Å². The van der Waals surface area contributed by atoms with E-state index in [0.29, 0.717) is 12.1 Å². The average molecular weight is 277 g/mol. The minimum Gasteiger partial charge on any atom is -0.298 e. The molecule has 0 saturated heterocycles. The molecule has 0 saturated carbocycles. The number of carbonyl (C=O) groups is 1. The maximum atomic E-state index is 13.4. The highest BCUT2D eigenvalue weighted by Gasteiger charge is 2.10. The summed E-state index contributed by atoms with van der Waals surface area (Å²) in [5.74, 6) is -0.279. The third-order valence-corrected chi connectivity index (χ3v) is 3.56. The Morgan fingerprint density at radius 3 is 2.79 bits per heavy atom. The predicted octanol–water partition coefficient (Wildman–Crippen LogP) is 3.13.